The Morgan fingerprint density at radius 3 is 2.57 bits per heavy atom. The molecule has 1 aromatic heterocycles. The van der Waals surface area contributed by atoms with E-state index in [1.165, 1.54) is 22.8 Å². The molecule has 0 aliphatic heterocycles. The van der Waals surface area contributed by atoms with Gasteiger partial charge in [-0.15, -0.1) is 0 Å². The zero-order valence-corrected chi connectivity index (χ0v) is 18.3. The molecule has 0 aliphatic carbocycles. The Balaban J connectivity index is 2.12. The van der Waals surface area contributed by atoms with E-state index in [1.54, 1.807) is 32.0 Å². The average Bonchev–Trinajstić information content (AvgIpc) is 2.67. The van der Waals surface area contributed by atoms with Crippen LogP contribution < -0.4 is 10.2 Å². The fourth-order valence-corrected chi connectivity index (χ4v) is 4.28. The Morgan fingerprint density at radius 2 is 2.00 bits per heavy atom. The van der Waals surface area contributed by atoms with E-state index in [9.17, 15) is 13.5 Å². The third-order valence-corrected chi connectivity index (χ3v) is 6.46. The van der Waals surface area contributed by atoms with E-state index in [0.717, 1.165) is 0 Å². The lowest BCUT2D eigenvalue weighted by molar-refractivity contribution is 0.317. The number of anilines is 1. The fourth-order valence-electron chi connectivity index (χ4n) is 2.42. The Kier molecular flexibility index (Phi) is 7.78. The zero-order chi connectivity index (χ0) is 20.7. The number of hydrogen-bond acceptors (Lipinski definition) is 7. The summed E-state index contributed by atoms with van der Waals surface area (Å²) < 4.78 is 32.1. The lowest BCUT2D eigenvalue weighted by Crippen LogP contribution is -2.30. The van der Waals surface area contributed by atoms with Gasteiger partial charge in [0.05, 0.1) is 17.3 Å². The van der Waals surface area contributed by atoms with Gasteiger partial charge in [-0.05, 0) is 52.7 Å². The van der Waals surface area contributed by atoms with Crippen LogP contribution in [0.4, 0.5) is 5.82 Å². The van der Waals surface area contributed by atoms with E-state index in [0.29, 0.717) is 41.3 Å². The highest BCUT2D eigenvalue weighted by atomic mass is 79.9. The van der Waals surface area contributed by atoms with Crippen molar-refractivity contribution in [2.45, 2.75) is 25.7 Å². The van der Waals surface area contributed by atoms with E-state index in [1.807, 2.05) is 6.92 Å². The second-order valence-electron chi connectivity index (χ2n) is 5.62. The molecule has 152 valence electrons. The van der Waals surface area contributed by atoms with Crippen LogP contribution in [0.5, 0.6) is 11.5 Å². The van der Waals surface area contributed by atoms with Gasteiger partial charge in [0.2, 0.25) is 10.0 Å². The summed E-state index contributed by atoms with van der Waals surface area (Å²) in [7, 11) is -3.54. The predicted molar refractivity (Wildman–Crippen MR) is 113 cm³/mol. The Labute approximate surface area is 173 Å². The number of hydrogen-bond donors (Lipinski definition) is 2. The lowest BCUT2D eigenvalue weighted by atomic mass is 10.2. The highest BCUT2D eigenvalue weighted by Crippen LogP contribution is 2.35. The van der Waals surface area contributed by atoms with Crippen molar-refractivity contribution < 1.29 is 18.3 Å². The van der Waals surface area contributed by atoms with Crippen LogP contribution in [-0.4, -0.2) is 48.7 Å². The molecule has 0 aliphatic rings. The molecule has 1 heterocycles. The number of sulfonamides is 1. The topological polar surface area (TPSA) is 104 Å². The molecule has 8 nitrogen and oxygen atoms in total. The highest BCUT2D eigenvalue weighted by molar-refractivity contribution is 9.10. The van der Waals surface area contributed by atoms with Gasteiger partial charge < -0.3 is 9.84 Å². The minimum atomic E-state index is -3.54. The van der Waals surface area contributed by atoms with E-state index < -0.39 is 10.0 Å². The first-order valence-electron chi connectivity index (χ1n) is 8.74. The van der Waals surface area contributed by atoms with Crippen molar-refractivity contribution in [2.75, 3.05) is 25.1 Å². The summed E-state index contributed by atoms with van der Waals surface area (Å²) in [6.07, 6.45) is 2.84. The molecule has 2 N–H and O–H groups in total. The van der Waals surface area contributed by atoms with Gasteiger partial charge in [-0.25, -0.2) is 13.4 Å². The van der Waals surface area contributed by atoms with E-state index in [-0.39, 0.29) is 10.6 Å². The van der Waals surface area contributed by atoms with Crippen LogP contribution in [0.1, 0.15) is 26.3 Å². The molecule has 0 amide bonds. The monoisotopic (exact) mass is 470 g/mol. The van der Waals surface area contributed by atoms with Gasteiger partial charge in [-0.2, -0.15) is 9.41 Å². The van der Waals surface area contributed by atoms with Gasteiger partial charge in [0.1, 0.15) is 10.7 Å². The second kappa shape index (κ2) is 9.85. The second-order valence-corrected chi connectivity index (χ2v) is 8.41. The maximum absolute atomic E-state index is 12.4. The number of nitrogens with one attached hydrogen (secondary N) is 1. The Hall–Kier alpha value is -2.17. The summed E-state index contributed by atoms with van der Waals surface area (Å²) in [5.41, 5.74) is 3.44. The van der Waals surface area contributed by atoms with E-state index in [4.69, 9.17) is 4.74 Å². The summed E-state index contributed by atoms with van der Waals surface area (Å²) in [5, 5.41) is 14.0. The molecule has 0 bridgehead atoms. The number of ether oxygens (including phenoxy) is 1. The molecular formula is C18H23BrN4O4S. The maximum atomic E-state index is 12.4. The SMILES string of the molecule is CCOc1cc(C=NNc2ccc(S(=O)(=O)N(CC)CC)cn2)cc(Br)c1O. The number of hydrazone groups is 1. The van der Waals surface area contributed by atoms with Crippen molar-refractivity contribution in [3.05, 3.63) is 40.5 Å². The minimum absolute atomic E-state index is 0.0265. The third-order valence-electron chi connectivity index (χ3n) is 3.82. The Morgan fingerprint density at radius 1 is 1.29 bits per heavy atom. The van der Waals surface area contributed by atoms with Crippen LogP contribution in [0.15, 0.2) is 44.9 Å². The van der Waals surface area contributed by atoms with Gasteiger partial charge in [0.25, 0.3) is 0 Å². The maximum Gasteiger partial charge on any atom is 0.244 e. The van der Waals surface area contributed by atoms with Crippen LogP contribution in [0.3, 0.4) is 0 Å². The number of benzene rings is 1. The summed E-state index contributed by atoms with van der Waals surface area (Å²) in [6, 6.07) is 6.38. The van der Waals surface area contributed by atoms with Gasteiger partial charge in [-0.1, -0.05) is 13.8 Å². The first kappa shape index (κ1) is 22.1. The van der Waals surface area contributed by atoms with Crippen molar-refractivity contribution in [3.8, 4) is 11.5 Å². The Bertz CT molecular complexity index is 929. The number of phenols is 1. The summed E-state index contributed by atoms with van der Waals surface area (Å²) in [4.78, 5) is 4.24. The number of aromatic hydroxyl groups is 1. The van der Waals surface area contributed by atoms with E-state index in [2.05, 4.69) is 31.4 Å². The van der Waals surface area contributed by atoms with Crippen molar-refractivity contribution in [1.82, 2.24) is 9.29 Å². The average molecular weight is 471 g/mol. The largest absolute Gasteiger partial charge is 0.503 e. The van der Waals surface area contributed by atoms with Gasteiger partial charge in [-0.3, -0.25) is 5.43 Å². The smallest absolute Gasteiger partial charge is 0.244 e. The van der Waals surface area contributed by atoms with E-state index >= 15 is 0 Å². The van der Waals surface area contributed by atoms with Crippen LogP contribution in [0.2, 0.25) is 0 Å². The van der Waals surface area contributed by atoms with Crippen LogP contribution in [0, 0.1) is 0 Å². The summed E-state index contributed by atoms with van der Waals surface area (Å²) in [5.74, 6) is 0.777. The van der Waals surface area contributed by atoms with Crippen LogP contribution in [-0.2, 0) is 10.0 Å². The summed E-state index contributed by atoms with van der Waals surface area (Å²) in [6.45, 7) is 6.62. The number of pyridine rings is 1. The molecule has 0 saturated heterocycles. The molecule has 1 aromatic carbocycles. The fraction of sp³-hybridized carbons (Fsp3) is 0.333. The standard InChI is InChI=1S/C18H23BrN4O4S/c1-4-23(5-2)28(25,26)14-7-8-17(20-12-14)22-21-11-13-9-15(19)18(24)16(10-13)27-6-3/h7-12,24H,4-6H2,1-3H3,(H,20,22). The molecule has 0 spiro atoms. The normalized spacial score (nSPS) is 11.9. The van der Waals surface area contributed by atoms with Crippen LogP contribution >= 0.6 is 15.9 Å². The first-order valence-corrected chi connectivity index (χ1v) is 11.0. The minimum Gasteiger partial charge on any atom is -0.503 e. The van der Waals surface area contributed by atoms with Crippen molar-refractivity contribution in [3.63, 3.8) is 0 Å². The quantitative estimate of drug-likeness (QED) is 0.429. The molecule has 2 rings (SSSR count). The number of rotatable bonds is 9. The first-order chi connectivity index (χ1) is 13.3. The molecule has 0 saturated carbocycles. The molecule has 0 atom stereocenters. The van der Waals surface area contributed by atoms with Gasteiger partial charge in [0, 0.05) is 19.3 Å². The zero-order valence-electron chi connectivity index (χ0n) is 15.9. The number of aromatic nitrogens is 1. The number of nitrogens with zero attached hydrogens (tertiary/aromatic N) is 3. The third kappa shape index (κ3) is 5.21. The van der Waals surface area contributed by atoms with Crippen molar-refractivity contribution in [1.29, 1.82) is 0 Å². The molecule has 2 aromatic rings. The van der Waals surface area contributed by atoms with Gasteiger partial charge in [0.15, 0.2) is 11.5 Å². The molecule has 0 fully saturated rings. The number of halogens is 1. The lowest BCUT2D eigenvalue weighted by Gasteiger charge is -2.18. The van der Waals surface area contributed by atoms with Gasteiger partial charge >= 0.3 is 0 Å². The predicted octanol–water partition coefficient (Wildman–Crippen LogP) is 3.42. The molecule has 28 heavy (non-hydrogen) atoms. The summed E-state index contributed by atoms with van der Waals surface area (Å²) >= 11 is 3.27. The van der Waals surface area contributed by atoms with Crippen molar-refractivity contribution in [2.24, 2.45) is 5.10 Å². The molecule has 0 radical (unpaired) electrons. The number of phenolic OH excluding ortho intramolecular Hbond substituents is 1. The molecule has 10 heteroatoms. The van der Waals surface area contributed by atoms with Crippen LogP contribution in [0.25, 0.3) is 0 Å². The highest BCUT2D eigenvalue weighted by Gasteiger charge is 2.21. The molecule has 0 unspecified atom stereocenters. The molecular weight excluding hydrogens is 448 g/mol. The van der Waals surface area contributed by atoms with Crippen molar-refractivity contribution >= 4 is 38.0 Å².